The van der Waals surface area contributed by atoms with Crippen molar-refractivity contribution in [2.75, 3.05) is 78.5 Å². The molecule has 0 unspecified atom stereocenters. The number of phosphoric acid groups is 3. The van der Waals surface area contributed by atoms with E-state index in [4.69, 9.17) is 89.4 Å². The van der Waals surface area contributed by atoms with Gasteiger partial charge in [-0.3, -0.25) is 0 Å². The van der Waals surface area contributed by atoms with Gasteiger partial charge in [0.1, 0.15) is 0 Å². The Balaban J connectivity index is -0.0000000911. The second-order valence-corrected chi connectivity index (χ2v) is 26.2. The SMILES string of the molecule is CCCC[N+](CCCC)(CCCC)CCCC.CCCC[N+](CCCC)(CCCC)CCCC.CCCC[N+](CCCC)(CCCC)CCCC.O=P([O-])([O-])O.O=P([O-])([O-])O.O=P([O-])([O-])O.[Mo].[O]=[W](=[O])[O-].[O]=[W](=[O])[O-].[O]=[W](=[O])[O-]. The van der Waals surface area contributed by atoms with Crippen LogP contribution in [0.5, 0.6) is 0 Å². The van der Waals surface area contributed by atoms with E-state index in [1.54, 1.807) is 0 Å². The molecule has 0 spiro atoms. The molecule has 0 amide bonds. The molecule has 0 saturated carbocycles. The molecule has 0 aliphatic heterocycles. The molecule has 0 aromatic heterocycles. The fourth-order valence-corrected chi connectivity index (χ4v) is 7.93. The predicted molar refractivity (Wildman–Crippen MR) is 272 cm³/mol. The van der Waals surface area contributed by atoms with Gasteiger partial charge in [-0.1, -0.05) is 160 Å². The summed E-state index contributed by atoms with van der Waals surface area (Å²) in [5.74, 6) is 0. The average Bonchev–Trinajstić information content (AvgIpc) is 3.31. The minimum absolute atomic E-state index is 0. The summed E-state index contributed by atoms with van der Waals surface area (Å²) < 4.78 is 108. The molecule has 0 aromatic carbocycles. The Labute approximate surface area is 512 Å². The average molecular weight is 1810 g/mol. The van der Waals surface area contributed by atoms with E-state index in [0.29, 0.717) is 0 Å². The van der Waals surface area contributed by atoms with Crippen LogP contribution < -0.4 is 40.6 Å². The number of nitrogens with zero attached hydrogens (tertiary/aromatic N) is 3. The van der Waals surface area contributed by atoms with Gasteiger partial charge in [-0.2, -0.15) is 0 Å². The summed E-state index contributed by atoms with van der Waals surface area (Å²) in [5, 5.41) is 0. The molecule has 24 nitrogen and oxygen atoms in total. The Morgan fingerprint density at radius 2 is 0.316 bits per heavy atom. The normalized spacial score (nSPS) is 10.9. The second-order valence-electron chi connectivity index (χ2n) is 19.0. The standard InChI is InChI=1S/3C16H36N.Mo.3H3O4P.9O.3W/c3*1-5-9-13-17(14-10-6-2,15-11-7-3)16-12-8-4;;3*1-5(2,3)4;;;;;;;;;;;;/h3*5-16H2,1-4H3;;3*(H3,1,2,3,4);;;;;;;;;;;;/q3*+1;;;;;;;;;;;3*-1;;;/p-6. The maximum absolute atomic E-state index is 8.66. The zero-order valence-electron chi connectivity index (χ0n) is 50.5. The van der Waals surface area contributed by atoms with Gasteiger partial charge in [0.2, 0.25) is 0 Å². The number of quaternary nitrogens is 3. The first-order valence-electron chi connectivity index (χ1n) is 28.0. The molecular formula is C48H111MoN3O21P3W3-6. The molecule has 0 heterocycles. The zero-order valence-corrected chi connectivity index (χ0v) is 64.0. The molecule has 0 aliphatic carbocycles. The van der Waals surface area contributed by atoms with Crippen molar-refractivity contribution in [3.05, 3.63) is 0 Å². The van der Waals surface area contributed by atoms with E-state index in [0.717, 1.165) is 0 Å². The monoisotopic (exact) mass is 1810 g/mol. The molecule has 0 saturated heterocycles. The first kappa shape index (κ1) is 103. The molecule has 0 radical (unpaired) electrons. The predicted octanol–water partition coefficient (Wildman–Crippen LogP) is 4.14. The molecule has 0 aliphatic rings. The van der Waals surface area contributed by atoms with Crippen molar-refractivity contribution in [1.29, 1.82) is 0 Å². The van der Waals surface area contributed by atoms with Gasteiger partial charge in [-0.25, -0.2) is 0 Å². The Morgan fingerprint density at radius 3 is 0.354 bits per heavy atom. The van der Waals surface area contributed by atoms with Gasteiger partial charge in [0.05, 0.1) is 102 Å². The summed E-state index contributed by atoms with van der Waals surface area (Å²) in [7, 11) is -15.4. The molecule has 0 rings (SSSR count). The molecule has 3 N–H and O–H groups in total. The van der Waals surface area contributed by atoms with Crippen molar-refractivity contribution in [3.63, 3.8) is 0 Å². The number of rotatable bonds is 36. The summed E-state index contributed by atoms with van der Waals surface area (Å²) in [4.78, 5) is 72.9. The van der Waals surface area contributed by atoms with E-state index >= 15 is 0 Å². The molecule has 79 heavy (non-hydrogen) atoms. The Kier molecular flexibility index (Phi) is 93.6. The number of hydrogen-bond donors (Lipinski definition) is 3. The van der Waals surface area contributed by atoms with E-state index in [2.05, 4.69) is 83.1 Å². The van der Waals surface area contributed by atoms with E-state index in [1.165, 1.54) is 246 Å². The van der Waals surface area contributed by atoms with Gasteiger partial charge in [0.25, 0.3) is 0 Å². The zero-order chi connectivity index (χ0) is 63.2. The Hall–Kier alpha value is 1.64. The van der Waals surface area contributed by atoms with Crippen LogP contribution in [0.25, 0.3) is 0 Å². The van der Waals surface area contributed by atoms with Crippen LogP contribution in [0.15, 0.2) is 0 Å². The second kappa shape index (κ2) is 72.1. The molecule has 0 fully saturated rings. The number of hydrogen-bond acceptors (Lipinski definition) is 18. The van der Waals surface area contributed by atoms with Crippen LogP contribution in [0.3, 0.4) is 0 Å². The van der Waals surface area contributed by atoms with Crippen molar-refractivity contribution >= 4 is 23.5 Å². The van der Waals surface area contributed by atoms with Crippen LogP contribution in [0, 0.1) is 0 Å². The molecule has 489 valence electrons. The maximum atomic E-state index is 8.66. The Morgan fingerprint density at radius 1 is 0.266 bits per heavy atom. The van der Waals surface area contributed by atoms with Crippen molar-refractivity contribution in [2.45, 2.75) is 237 Å². The van der Waals surface area contributed by atoms with Crippen LogP contribution in [-0.2, 0) is 108 Å². The minimum atomic E-state index is -5.14. The van der Waals surface area contributed by atoms with Crippen LogP contribution in [0.2, 0.25) is 0 Å². The molecule has 31 heteroatoms. The summed E-state index contributed by atoms with van der Waals surface area (Å²) >= 11 is -12.8. The fraction of sp³-hybridized carbons (Fsp3) is 1.00. The van der Waals surface area contributed by atoms with Crippen LogP contribution in [0.1, 0.15) is 237 Å². The fourth-order valence-electron chi connectivity index (χ4n) is 7.93. The summed E-state index contributed by atoms with van der Waals surface area (Å²) in [6.07, 6.45) is 33.2. The quantitative estimate of drug-likeness (QED) is 0.0450. The van der Waals surface area contributed by atoms with Gasteiger partial charge in [0.15, 0.2) is 0 Å². The first-order chi connectivity index (χ1) is 35.9. The molecule has 0 aromatic rings. The van der Waals surface area contributed by atoms with Gasteiger partial charge in [-0.15, -0.1) is 0 Å². The topological polar surface area (TPSA) is 422 Å². The van der Waals surface area contributed by atoms with Crippen molar-refractivity contribution < 1.29 is 177 Å². The van der Waals surface area contributed by atoms with Gasteiger partial charge in [0, 0.05) is 21.1 Å². The third-order valence-corrected chi connectivity index (χ3v) is 11.8. The van der Waals surface area contributed by atoms with Crippen LogP contribution >= 0.6 is 23.5 Å². The summed E-state index contributed by atoms with van der Waals surface area (Å²) in [5.41, 5.74) is 0. The summed E-state index contributed by atoms with van der Waals surface area (Å²) in [6, 6.07) is 0. The van der Waals surface area contributed by atoms with E-state index < -0.39 is 76.3 Å². The van der Waals surface area contributed by atoms with E-state index in [-0.39, 0.29) is 21.1 Å². The third kappa shape index (κ3) is 126. The van der Waals surface area contributed by atoms with Crippen molar-refractivity contribution in [1.82, 2.24) is 0 Å². The first-order valence-corrected chi connectivity index (χ1v) is 43.3. The van der Waals surface area contributed by atoms with Gasteiger partial charge in [-0.05, 0) is 77.0 Å². The molecule has 0 bridgehead atoms. The van der Waals surface area contributed by atoms with E-state index in [1.807, 2.05) is 0 Å². The molecule has 0 atom stereocenters. The van der Waals surface area contributed by atoms with Crippen molar-refractivity contribution in [3.8, 4) is 0 Å². The molecular weight excluding hydrogens is 1690 g/mol. The van der Waals surface area contributed by atoms with E-state index in [9.17, 15) is 0 Å². The Bertz CT molecular complexity index is 1270. The summed E-state index contributed by atoms with van der Waals surface area (Å²) in [6.45, 7) is 45.1. The van der Waals surface area contributed by atoms with Crippen LogP contribution in [-0.4, -0.2) is 107 Å². The van der Waals surface area contributed by atoms with Crippen molar-refractivity contribution in [2.24, 2.45) is 0 Å². The third-order valence-electron chi connectivity index (χ3n) is 11.8. The van der Waals surface area contributed by atoms with Gasteiger partial charge < -0.3 is 71.2 Å². The number of unbranched alkanes of at least 4 members (excludes halogenated alkanes) is 12. The van der Waals surface area contributed by atoms with Crippen LogP contribution in [0.4, 0.5) is 0 Å². The van der Waals surface area contributed by atoms with Gasteiger partial charge >= 0.3 is 84.5 Å².